The monoisotopic (exact) mass is 436 g/mol. The minimum atomic E-state index is -3.80. The molecule has 0 bridgehead atoms. The molecule has 1 amide bonds. The van der Waals surface area contributed by atoms with Crippen LogP contribution in [0.3, 0.4) is 0 Å². The average molecular weight is 437 g/mol. The summed E-state index contributed by atoms with van der Waals surface area (Å²) in [5.41, 5.74) is 3.72. The summed E-state index contributed by atoms with van der Waals surface area (Å²) in [4.78, 5) is 12.8. The van der Waals surface area contributed by atoms with Crippen molar-refractivity contribution >= 4 is 27.3 Å². The SMILES string of the molecule is CCCCc1ccc(NC(=O)c2cccc(S(=O)(=O)N(C)c3cccc(C)c3)c2)cc1. The summed E-state index contributed by atoms with van der Waals surface area (Å²) < 4.78 is 27.4. The van der Waals surface area contributed by atoms with Gasteiger partial charge >= 0.3 is 0 Å². The maximum Gasteiger partial charge on any atom is 0.264 e. The maximum absolute atomic E-state index is 13.1. The molecule has 0 radical (unpaired) electrons. The van der Waals surface area contributed by atoms with Gasteiger partial charge in [-0.1, -0.05) is 43.7 Å². The summed E-state index contributed by atoms with van der Waals surface area (Å²) in [7, 11) is -2.29. The van der Waals surface area contributed by atoms with Gasteiger partial charge in [0.15, 0.2) is 0 Å². The summed E-state index contributed by atoms with van der Waals surface area (Å²) >= 11 is 0. The molecule has 0 spiro atoms. The molecule has 162 valence electrons. The third kappa shape index (κ3) is 5.52. The van der Waals surface area contributed by atoms with Gasteiger partial charge in [0.25, 0.3) is 15.9 Å². The van der Waals surface area contributed by atoms with Gasteiger partial charge < -0.3 is 5.32 Å². The van der Waals surface area contributed by atoms with Crippen LogP contribution in [-0.4, -0.2) is 21.4 Å². The van der Waals surface area contributed by atoms with Crippen molar-refractivity contribution in [1.29, 1.82) is 0 Å². The first-order valence-electron chi connectivity index (χ1n) is 10.4. The van der Waals surface area contributed by atoms with Crippen LogP contribution < -0.4 is 9.62 Å². The minimum Gasteiger partial charge on any atom is -0.322 e. The molecule has 0 aliphatic rings. The molecule has 0 aliphatic heterocycles. The molecular formula is C25H28N2O3S. The van der Waals surface area contributed by atoms with Crippen molar-refractivity contribution in [2.24, 2.45) is 0 Å². The number of amides is 1. The number of benzene rings is 3. The molecule has 0 heterocycles. The van der Waals surface area contributed by atoms with Crippen molar-refractivity contribution in [2.75, 3.05) is 16.7 Å². The minimum absolute atomic E-state index is 0.0686. The number of rotatable bonds is 8. The van der Waals surface area contributed by atoms with Crippen LogP contribution in [0.4, 0.5) is 11.4 Å². The van der Waals surface area contributed by atoms with E-state index >= 15 is 0 Å². The maximum atomic E-state index is 13.1. The van der Waals surface area contributed by atoms with E-state index in [-0.39, 0.29) is 16.4 Å². The lowest BCUT2D eigenvalue weighted by Crippen LogP contribution is -2.27. The molecule has 0 fully saturated rings. The fourth-order valence-corrected chi connectivity index (χ4v) is 4.49. The van der Waals surface area contributed by atoms with Crippen LogP contribution in [0.5, 0.6) is 0 Å². The van der Waals surface area contributed by atoms with E-state index < -0.39 is 10.0 Å². The van der Waals surface area contributed by atoms with Crippen molar-refractivity contribution in [3.8, 4) is 0 Å². The van der Waals surface area contributed by atoms with Crippen molar-refractivity contribution in [1.82, 2.24) is 0 Å². The van der Waals surface area contributed by atoms with E-state index in [1.54, 1.807) is 24.3 Å². The van der Waals surface area contributed by atoms with Crippen LogP contribution in [0.2, 0.25) is 0 Å². The number of nitrogens with one attached hydrogen (secondary N) is 1. The van der Waals surface area contributed by atoms with Gasteiger partial charge in [0, 0.05) is 18.3 Å². The van der Waals surface area contributed by atoms with Crippen molar-refractivity contribution in [3.05, 3.63) is 89.5 Å². The Morgan fingerprint density at radius 3 is 2.35 bits per heavy atom. The molecule has 0 saturated heterocycles. The van der Waals surface area contributed by atoms with Crippen LogP contribution in [-0.2, 0) is 16.4 Å². The van der Waals surface area contributed by atoms with E-state index in [1.807, 2.05) is 43.3 Å². The van der Waals surface area contributed by atoms with Gasteiger partial charge in [0.05, 0.1) is 10.6 Å². The lowest BCUT2D eigenvalue weighted by Gasteiger charge is -2.20. The summed E-state index contributed by atoms with van der Waals surface area (Å²) in [6.07, 6.45) is 3.28. The second-order valence-corrected chi connectivity index (χ2v) is 9.56. The third-order valence-corrected chi connectivity index (χ3v) is 6.93. The number of carbonyl (C=O) groups is 1. The predicted octanol–water partition coefficient (Wildman–Crippen LogP) is 5.42. The zero-order valence-corrected chi connectivity index (χ0v) is 18.9. The molecule has 3 rings (SSSR count). The highest BCUT2D eigenvalue weighted by Crippen LogP contribution is 2.24. The Labute approximate surface area is 184 Å². The number of unbranched alkanes of at least 4 members (excludes halogenated alkanes) is 1. The standard InChI is InChI=1S/C25H28N2O3S/c1-4-5-9-20-13-15-22(16-14-20)26-25(28)21-10-7-12-24(18-21)31(29,30)27(3)23-11-6-8-19(2)17-23/h6-8,10-18H,4-5,9H2,1-3H3,(H,26,28). The summed E-state index contributed by atoms with van der Waals surface area (Å²) in [6.45, 7) is 4.06. The zero-order valence-electron chi connectivity index (χ0n) is 18.1. The topological polar surface area (TPSA) is 66.5 Å². The highest BCUT2D eigenvalue weighted by Gasteiger charge is 2.22. The van der Waals surface area contributed by atoms with Gasteiger partial charge in [0.2, 0.25) is 0 Å². The van der Waals surface area contributed by atoms with Gasteiger partial charge in [0.1, 0.15) is 0 Å². The number of sulfonamides is 1. The van der Waals surface area contributed by atoms with Crippen LogP contribution in [0.25, 0.3) is 0 Å². The van der Waals surface area contributed by atoms with Gasteiger partial charge in [-0.3, -0.25) is 9.10 Å². The number of nitrogens with zero attached hydrogens (tertiary/aromatic N) is 1. The molecule has 3 aromatic rings. The first-order chi connectivity index (χ1) is 14.8. The lowest BCUT2D eigenvalue weighted by molar-refractivity contribution is 0.102. The largest absolute Gasteiger partial charge is 0.322 e. The van der Waals surface area contributed by atoms with E-state index in [4.69, 9.17) is 0 Å². The Balaban J connectivity index is 1.78. The van der Waals surface area contributed by atoms with E-state index in [2.05, 4.69) is 12.2 Å². The molecule has 0 aromatic heterocycles. The number of anilines is 2. The molecule has 6 heteroatoms. The van der Waals surface area contributed by atoms with Crippen LogP contribution in [0.1, 0.15) is 41.3 Å². The molecular weight excluding hydrogens is 408 g/mol. The Morgan fingerprint density at radius 2 is 1.68 bits per heavy atom. The summed E-state index contributed by atoms with van der Waals surface area (Å²) in [5, 5.41) is 2.84. The van der Waals surface area contributed by atoms with Gasteiger partial charge in [-0.05, 0) is 73.4 Å². The molecule has 3 aromatic carbocycles. The second kappa shape index (κ2) is 9.79. The number of carbonyl (C=O) groups excluding carboxylic acids is 1. The summed E-state index contributed by atoms with van der Waals surface area (Å²) in [6, 6.07) is 21.1. The lowest BCUT2D eigenvalue weighted by atomic mass is 10.1. The first kappa shape index (κ1) is 22.6. The van der Waals surface area contributed by atoms with E-state index in [9.17, 15) is 13.2 Å². The first-order valence-corrected chi connectivity index (χ1v) is 11.8. The third-order valence-electron chi connectivity index (χ3n) is 5.15. The van der Waals surface area contributed by atoms with E-state index in [1.165, 1.54) is 29.0 Å². The average Bonchev–Trinajstić information content (AvgIpc) is 2.78. The predicted molar refractivity (Wildman–Crippen MR) is 126 cm³/mol. The Morgan fingerprint density at radius 1 is 0.968 bits per heavy atom. The van der Waals surface area contributed by atoms with Crippen molar-refractivity contribution < 1.29 is 13.2 Å². The number of hydrogen-bond acceptors (Lipinski definition) is 3. The zero-order chi connectivity index (χ0) is 22.4. The quantitative estimate of drug-likeness (QED) is 0.513. The normalized spacial score (nSPS) is 11.2. The molecule has 5 nitrogen and oxygen atoms in total. The highest BCUT2D eigenvalue weighted by atomic mass is 32.2. The number of hydrogen-bond donors (Lipinski definition) is 1. The van der Waals surface area contributed by atoms with Crippen molar-refractivity contribution in [2.45, 2.75) is 38.0 Å². The van der Waals surface area contributed by atoms with Gasteiger partial charge in [-0.25, -0.2) is 8.42 Å². The van der Waals surface area contributed by atoms with Gasteiger partial charge in [-0.15, -0.1) is 0 Å². The Hall–Kier alpha value is -3.12. The molecule has 31 heavy (non-hydrogen) atoms. The molecule has 0 atom stereocenters. The highest BCUT2D eigenvalue weighted by molar-refractivity contribution is 7.92. The number of aryl methyl sites for hydroxylation is 2. The van der Waals surface area contributed by atoms with Crippen molar-refractivity contribution in [3.63, 3.8) is 0 Å². The van der Waals surface area contributed by atoms with E-state index in [0.717, 1.165) is 24.8 Å². The molecule has 1 N–H and O–H groups in total. The molecule has 0 saturated carbocycles. The van der Waals surface area contributed by atoms with E-state index in [0.29, 0.717) is 11.4 Å². The van der Waals surface area contributed by atoms with Crippen LogP contribution >= 0.6 is 0 Å². The van der Waals surface area contributed by atoms with Gasteiger partial charge in [-0.2, -0.15) is 0 Å². The summed E-state index contributed by atoms with van der Waals surface area (Å²) in [5.74, 6) is -0.350. The molecule has 0 aliphatic carbocycles. The second-order valence-electron chi connectivity index (χ2n) is 7.59. The Kier molecular flexibility index (Phi) is 7.13. The van der Waals surface area contributed by atoms with Crippen LogP contribution in [0, 0.1) is 6.92 Å². The smallest absolute Gasteiger partial charge is 0.264 e. The Bertz CT molecular complexity index is 1160. The van der Waals surface area contributed by atoms with Crippen LogP contribution in [0.15, 0.2) is 77.7 Å². The fourth-order valence-electron chi connectivity index (χ4n) is 3.26. The molecule has 0 unspecified atom stereocenters. The fraction of sp³-hybridized carbons (Fsp3) is 0.240.